The van der Waals surface area contributed by atoms with Gasteiger partial charge in [-0.3, -0.25) is 4.98 Å². The molecule has 0 aliphatic heterocycles. The molecule has 0 fully saturated rings. The Morgan fingerprint density at radius 2 is 1.88 bits per heavy atom. The first kappa shape index (κ1) is 9.69. The fraction of sp³-hybridized carbons (Fsp3) is 0. The maximum Gasteiger partial charge on any atom is 0.223 e. The molecule has 0 aliphatic carbocycles. The molecule has 0 saturated carbocycles. The number of hydrogen-bond donors (Lipinski definition) is 0. The smallest absolute Gasteiger partial charge is 0.223 e. The van der Waals surface area contributed by atoms with E-state index in [0.29, 0.717) is 0 Å². The second-order valence-corrected chi connectivity index (χ2v) is 4.47. The van der Waals surface area contributed by atoms with Gasteiger partial charge in [0.15, 0.2) is 0 Å². The van der Waals surface area contributed by atoms with Gasteiger partial charge in [0.1, 0.15) is 0 Å². The summed E-state index contributed by atoms with van der Waals surface area (Å²) in [5, 5.41) is 2.26. The van der Waals surface area contributed by atoms with Crippen LogP contribution in [0, 0.1) is 0 Å². The van der Waals surface area contributed by atoms with Crippen LogP contribution in [0.5, 0.6) is 0 Å². The van der Waals surface area contributed by atoms with Crippen LogP contribution in [0.3, 0.4) is 0 Å². The Labute approximate surface area is 101 Å². The summed E-state index contributed by atoms with van der Waals surface area (Å²) < 4.78 is 1.05. The van der Waals surface area contributed by atoms with Gasteiger partial charge in [0.25, 0.3) is 0 Å². The average Bonchev–Trinajstić information content (AvgIpc) is 2.77. The third-order valence-corrected chi connectivity index (χ3v) is 3.31. The third-order valence-electron chi connectivity index (χ3n) is 2.23. The lowest BCUT2D eigenvalue weighted by molar-refractivity contribution is 1.22. The van der Waals surface area contributed by atoms with Crippen molar-refractivity contribution in [3.05, 3.63) is 41.3 Å². The molecule has 0 saturated heterocycles. The van der Waals surface area contributed by atoms with Crippen molar-refractivity contribution < 1.29 is 0 Å². The number of fused-ring (bicyclic) bond motifs is 1. The van der Waals surface area contributed by atoms with Crippen LogP contribution in [0.2, 0.25) is 5.28 Å². The molecule has 0 bridgehead atoms. The van der Waals surface area contributed by atoms with Gasteiger partial charge in [-0.05, 0) is 35.2 Å². The van der Waals surface area contributed by atoms with Gasteiger partial charge in [-0.15, -0.1) is 11.3 Å². The van der Waals surface area contributed by atoms with Gasteiger partial charge in [0.05, 0.1) is 15.9 Å². The van der Waals surface area contributed by atoms with Crippen molar-refractivity contribution in [3.8, 4) is 11.3 Å². The monoisotopic (exact) mass is 247 g/mol. The summed E-state index contributed by atoms with van der Waals surface area (Å²) in [5.41, 5.74) is 2.76. The molecule has 3 nitrogen and oxygen atoms in total. The number of halogens is 1. The van der Waals surface area contributed by atoms with Crippen molar-refractivity contribution in [3.63, 3.8) is 0 Å². The highest BCUT2D eigenvalue weighted by Gasteiger charge is 2.09. The van der Waals surface area contributed by atoms with Gasteiger partial charge in [-0.1, -0.05) is 0 Å². The first-order valence-corrected chi connectivity index (χ1v) is 5.91. The van der Waals surface area contributed by atoms with Crippen LogP contribution >= 0.6 is 22.9 Å². The van der Waals surface area contributed by atoms with E-state index in [0.717, 1.165) is 21.5 Å². The molecule has 5 heteroatoms. The molecule has 0 aliphatic rings. The van der Waals surface area contributed by atoms with Crippen LogP contribution in [0.1, 0.15) is 0 Å². The summed E-state index contributed by atoms with van der Waals surface area (Å²) in [7, 11) is 0. The summed E-state index contributed by atoms with van der Waals surface area (Å²) >= 11 is 7.51. The predicted molar refractivity (Wildman–Crippen MR) is 65.7 cm³/mol. The molecule has 0 atom stereocenters. The van der Waals surface area contributed by atoms with E-state index in [2.05, 4.69) is 15.0 Å². The Morgan fingerprint density at radius 3 is 2.69 bits per heavy atom. The van der Waals surface area contributed by atoms with Crippen LogP contribution in [-0.4, -0.2) is 15.0 Å². The summed E-state index contributed by atoms with van der Waals surface area (Å²) in [4.78, 5) is 12.4. The standard InChI is InChI=1S/C11H6ClN3S/c12-11-14-8-3-6-16-10(8)9(15-11)7-1-4-13-5-2-7/h1-6H. The molecular formula is C11H6ClN3S. The molecule has 3 rings (SSSR count). The highest BCUT2D eigenvalue weighted by molar-refractivity contribution is 7.17. The molecule has 78 valence electrons. The summed E-state index contributed by atoms with van der Waals surface area (Å²) in [6.07, 6.45) is 3.48. The maximum atomic E-state index is 5.90. The molecule has 0 unspecified atom stereocenters. The first-order chi connectivity index (χ1) is 7.84. The Bertz CT molecular complexity index is 636. The SMILES string of the molecule is Clc1nc(-c2ccncc2)c2sccc2n1. The van der Waals surface area contributed by atoms with E-state index in [1.165, 1.54) is 0 Å². The van der Waals surface area contributed by atoms with Gasteiger partial charge in [-0.25, -0.2) is 9.97 Å². The molecular weight excluding hydrogens is 242 g/mol. The second kappa shape index (κ2) is 3.81. The minimum Gasteiger partial charge on any atom is -0.265 e. The molecule has 0 radical (unpaired) electrons. The van der Waals surface area contributed by atoms with E-state index in [9.17, 15) is 0 Å². The van der Waals surface area contributed by atoms with E-state index < -0.39 is 0 Å². The Morgan fingerprint density at radius 1 is 1.06 bits per heavy atom. The van der Waals surface area contributed by atoms with Crippen molar-refractivity contribution in [1.29, 1.82) is 0 Å². The Balaban J connectivity index is 2.34. The highest BCUT2D eigenvalue weighted by Crippen LogP contribution is 2.30. The predicted octanol–water partition coefficient (Wildman–Crippen LogP) is 3.41. The zero-order valence-corrected chi connectivity index (χ0v) is 9.66. The average molecular weight is 248 g/mol. The number of thiophene rings is 1. The van der Waals surface area contributed by atoms with Crippen molar-refractivity contribution in [2.24, 2.45) is 0 Å². The minimum absolute atomic E-state index is 0.276. The van der Waals surface area contributed by atoms with Crippen molar-refractivity contribution in [2.45, 2.75) is 0 Å². The van der Waals surface area contributed by atoms with E-state index >= 15 is 0 Å². The second-order valence-electron chi connectivity index (χ2n) is 3.21. The van der Waals surface area contributed by atoms with Crippen molar-refractivity contribution >= 4 is 33.2 Å². The van der Waals surface area contributed by atoms with E-state index in [-0.39, 0.29) is 5.28 Å². The lowest BCUT2D eigenvalue weighted by atomic mass is 10.2. The quantitative estimate of drug-likeness (QED) is 0.619. The number of aromatic nitrogens is 3. The third kappa shape index (κ3) is 1.56. The summed E-state index contributed by atoms with van der Waals surface area (Å²) in [5.74, 6) is 0. The molecule has 0 spiro atoms. The number of rotatable bonds is 1. The van der Waals surface area contributed by atoms with Gasteiger partial charge in [0, 0.05) is 18.0 Å². The van der Waals surface area contributed by atoms with E-state index in [4.69, 9.17) is 11.6 Å². The van der Waals surface area contributed by atoms with Gasteiger partial charge < -0.3 is 0 Å². The molecule has 3 heterocycles. The number of hydrogen-bond acceptors (Lipinski definition) is 4. The lowest BCUT2D eigenvalue weighted by Crippen LogP contribution is -1.88. The molecule has 16 heavy (non-hydrogen) atoms. The molecule has 0 N–H and O–H groups in total. The molecule has 0 aromatic carbocycles. The maximum absolute atomic E-state index is 5.90. The van der Waals surface area contributed by atoms with Crippen molar-refractivity contribution in [1.82, 2.24) is 15.0 Å². The zero-order valence-electron chi connectivity index (χ0n) is 8.09. The Hall–Kier alpha value is -1.52. The van der Waals surface area contributed by atoms with Crippen LogP contribution in [0.15, 0.2) is 36.0 Å². The van der Waals surface area contributed by atoms with Crippen LogP contribution < -0.4 is 0 Å². The van der Waals surface area contributed by atoms with Crippen LogP contribution in [0.4, 0.5) is 0 Å². The Kier molecular flexibility index (Phi) is 2.31. The van der Waals surface area contributed by atoms with Gasteiger partial charge >= 0.3 is 0 Å². The first-order valence-electron chi connectivity index (χ1n) is 4.66. The number of pyridine rings is 1. The van der Waals surface area contributed by atoms with Crippen LogP contribution in [-0.2, 0) is 0 Å². The molecule has 0 amide bonds. The zero-order chi connectivity index (χ0) is 11.0. The highest BCUT2D eigenvalue weighted by atomic mass is 35.5. The largest absolute Gasteiger partial charge is 0.265 e. The normalized spacial score (nSPS) is 10.8. The minimum atomic E-state index is 0.276. The lowest BCUT2D eigenvalue weighted by Gasteiger charge is -2.01. The van der Waals surface area contributed by atoms with E-state index in [1.54, 1.807) is 23.7 Å². The van der Waals surface area contributed by atoms with E-state index in [1.807, 2.05) is 23.6 Å². The number of nitrogens with zero attached hydrogens (tertiary/aromatic N) is 3. The topological polar surface area (TPSA) is 38.7 Å². The summed E-state index contributed by atoms with van der Waals surface area (Å²) in [6, 6.07) is 5.77. The van der Waals surface area contributed by atoms with Gasteiger partial charge in [-0.2, -0.15) is 0 Å². The molecule has 3 aromatic rings. The van der Waals surface area contributed by atoms with Crippen LogP contribution in [0.25, 0.3) is 21.5 Å². The fourth-order valence-electron chi connectivity index (χ4n) is 1.54. The molecule has 3 aromatic heterocycles. The van der Waals surface area contributed by atoms with Crippen molar-refractivity contribution in [2.75, 3.05) is 0 Å². The fourth-order valence-corrected chi connectivity index (χ4v) is 2.56. The van der Waals surface area contributed by atoms with Gasteiger partial charge in [0.2, 0.25) is 5.28 Å². The summed E-state index contributed by atoms with van der Waals surface area (Å²) in [6.45, 7) is 0.